The molecule has 28 heavy (non-hydrogen) atoms. The van der Waals surface area contributed by atoms with Crippen molar-refractivity contribution in [1.29, 1.82) is 0 Å². The van der Waals surface area contributed by atoms with E-state index in [1.54, 1.807) is 0 Å². The molecule has 0 fully saturated rings. The number of para-hydroxylation sites is 1. The lowest BCUT2D eigenvalue weighted by atomic mass is 10.1. The number of nitro groups is 1. The van der Waals surface area contributed by atoms with E-state index in [0.29, 0.717) is 12.2 Å². The van der Waals surface area contributed by atoms with Gasteiger partial charge in [-0.2, -0.15) is 0 Å². The minimum absolute atomic E-state index is 0.0713. The summed E-state index contributed by atoms with van der Waals surface area (Å²) in [5, 5.41) is 13.6. The lowest BCUT2D eigenvalue weighted by Gasteiger charge is -2.09. The second kappa shape index (κ2) is 9.95. The molecule has 150 valence electrons. The number of carbonyl (C=O) groups excluding carboxylic acids is 1. The van der Waals surface area contributed by atoms with Gasteiger partial charge in [0.2, 0.25) is 10.0 Å². The highest BCUT2D eigenvalue weighted by Crippen LogP contribution is 2.20. The summed E-state index contributed by atoms with van der Waals surface area (Å²) in [5.41, 5.74) is -0.0329. The van der Waals surface area contributed by atoms with Gasteiger partial charge in [0.1, 0.15) is 5.56 Å². The molecular weight excluding hydrogens is 382 g/mol. The van der Waals surface area contributed by atoms with E-state index >= 15 is 0 Å². The predicted octanol–water partition coefficient (Wildman–Crippen LogP) is 3.71. The van der Waals surface area contributed by atoms with E-state index in [9.17, 15) is 23.3 Å². The van der Waals surface area contributed by atoms with E-state index in [-0.39, 0.29) is 16.1 Å². The quantitative estimate of drug-likeness (QED) is 0.355. The zero-order chi connectivity index (χ0) is 20.6. The average Bonchev–Trinajstić information content (AvgIpc) is 2.68. The Kier molecular flexibility index (Phi) is 7.65. The van der Waals surface area contributed by atoms with Crippen LogP contribution >= 0.6 is 0 Å². The molecule has 2 aromatic rings. The number of nitrogens with one attached hydrogen (secondary N) is 2. The van der Waals surface area contributed by atoms with E-state index in [2.05, 4.69) is 17.0 Å². The fraction of sp³-hybridized carbons (Fsp3) is 0.316. The van der Waals surface area contributed by atoms with Gasteiger partial charge in [-0.15, -0.1) is 0 Å². The van der Waals surface area contributed by atoms with Gasteiger partial charge in [-0.25, -0.2) is 13.1 Å². The molecule has 9 heteroatoms. The number of rotatable bonds is 10. The number of sulfonamides is 1. The van der Waals surface area contributed by atoms with Crippen LogP contribution < -0.4 is 10.0 Å². The van der Waals surface area contributed by atoms with Crippen LogP contribution in [0.25, 0.3) is 0 Å². The molecular formula is C19H23N3O5S. The summed E-state index contributed by atoms with van der Waals surface area (Å²) in [6.45, 7) is 2.46. The summed E-state index contributed by atoms with van der Waals surface area (Å²) in [4.78, 5) is 22.8. The predicted molar refractivity (Wildman–Crippen MR) is 107 cm³/mol. The first-order valence-corrected chi connectivity index (χ1v) is 10.5. The SMILES string of the molecule is CCCCCCNS(=O)(=O)c1ccc(NC(=O)c2ccccc2[N+](=O)[O-])cc1. The summed E-state index contributed by atoms with van der Waals surface area (Å²) in [7, 11) is -3.61. The van der Waals surface area contributed by atoms with E-state index < -0.39 is 20.9 Å². The summed E-state index contributed by atoms with van der Waals surface area (Å²) in [5.74, 6) is -0.642. The third-order valence-electron chi connectivity index (χ3n) is 4.09. The molecule has 8 nitrogen and oxygen atoms in total. The van der Waals surface area contributed by atoms with Gasteiger partial charge < -0.3 is 5.32 Å². The lowest BCUT2D eigenvalue weighted by molar-refractivity contribution is -0.385. The van der Waals surface area contributed by atoms with Crippen molar-refractivity contribution in [3.8, 4) is 0 Å². The Bertz CT molecular complexity index is 927. The molecule has 0 saturated carbocycles. The first-order chi connectivity index (χ1) is 13.3. The Morgan fingerprint density at radius 3 is 2.36 bits per heavy atom. The van der Waals surface area contributed by atoms with Crippen LogP contribution in [0.4, 0.5) is 11.4 Å². The minimum atomic E-state index is -3.61. The molecule has 0 radical (unpaired) electrons. The molecule has 0 aliphatic rings. The second-order valence-corrected chi connectivity index (χ2v) is 7.98. The molecule has 2 rings (SSSR count). The van der Waals surface area contributed by atoms with Gasteiger partial charge in [-0.3, -0.25) is 14.9 Å². The summed E-state index contributed by atoms with van der Waals surface area (Å²) < 4.78 is 27.1. The number of benzene rings is 2. The maximum Gasteiger partial charge on any atom is 0.282 e. The van der Waals surface area contributed by atoms with Gasteiger partial charge in [0.05, 0.1) is 9.82 Å². The molecule has 0 aliphatic heterocycles. The number of hydrogen-bond acceptors (Lipinski definition) is 5. The van der Waals surface area contributed by atoms with E-state index in [4.69, 9.17) is 0 Å². The standard InChI is InChI=1S/C19H23N3O5S/c1-2-3-4-7-14-20-28(26,27)16-12-10-15(11-13-16)21-19(23)17-8-5-6-9-18(17)22(24)25/h5-6,8-13,20H,2-4,7,14H2,1H3,(H,21,23). The van der Waals surface area contributed by atoms with Crippen molar-refractivity contribution in [1.82, 2.24) is 4.72 Å². The molecule has 0 spiro atoms. The molecule has 0 heterocycles. The molecule has 0 aromatic heterocycles. The number of hydrogen-bond donors (Lipinski definition) is 2. The van der Waals surface area contributed by atoms with Crippen LogP contribution in [0.3, 0.4) is 0 Å². The molecule has 2 N–H and O–H groups in total. The Morgan fingerprint density at radius 1 is 1.04 bits per heavy atom. The van der Waals surface area contributed by atoms with Crippen molar-refractivity contribution in [2.75, 3.05) is 11.9 Å². The van der Waals surface area contributed by atoms with Crippen LogP contribution in [0.15, 0.2) is 53.4 Å². The van der Waals surface area contributed by atoms with Gasteiger partial charge in [-0.05, 0) is 36.8 Å². The highest BCUT2D eigenvalue weighted by Gasteiger charge is 2.19. The Hall–Kier alpha value is -2.78. The Labute approximate surface area is 164 Å². The zero-order valence-electron chi connectivity index (χ0n) is 15.6. The zero-order valence-corrected chi connectivity index (χ0v) is 16.4. The smallest absolute Gasteiger partial charge is 0.282 e. The fourth-order valence-electron chi connectivity index (χ4n) is 2.58. The lowest BCUT2D eigenvalue weighted by Crippen LogP contribution is -2.24. The highest BCUT2D eigenvalue weighted by atomic mass is 32.2. The van der Waals surface area contributed by atoms with Gasteiger partial charge in [0, 0.05) is 18.3 Å². The van der Waals surface area contributed by atoms with Crippen molar-refractivity contribution in [2.24, 2.45) is 0 Å². The first kappa shape index (κ1) is 21.5. The van der Waals surface area contributed by atoms with Gasteiger partial charge in [0.25, 0.3) is 11.6 Å². The van der Waals surface area contributed by atoms with Crippen molar-refractivity contribution >= 4 is 27.3 Å². The molecule has 0 saturated heterocycles. The van der Waals surface area contributed by atoms with Crippen molar-refractivity contribution in [3.63, 3.8) is 0 Å². The monoisotopic (exact) mass is 405 g/mol. The van der Waals surface area contributed by atoms with E-state index in [1.807, 2.05) is 0 Å². The molecule has 0 aliphatic carbocycles. The normalized spacial score (nSPS) is 11.2. The van der Waals surface area contributed by atoms with Crippen LogP contribution in [-0.4, -0.2) is 25.8 Å². The summed E-state index contributed by atoms with van der Waals surface area (Å²) in [6, 6.07) is 11.3. The molecule has 0 atom stereocenters. The van der Waals surface area contributed by atoms with Gasteiger partial charge >= 0.3 is 0 Å². The fourth-order valence-corrected chi connectivity index (χ4v) is 3.66. The minimum Gasteiger partial charge on any atom is -0.322 e. The Morgan fingerprint density at radius 2 is 1.71 bits per heavy atom. The van der Waals surface area contributed by atoms with Crippen molar-refractivity contribution in [3.05, 3.63) is 64.2 Å². The maximum atomic E-state index is 12.3. The topological polar surface area (TPSA) is 118 Å². The van der Waals surface area contributed by atoms with Crippen LogP contribution in [0.2, 0.25) is 0 Å². The van der Waals surface area contributed by atoms with Gasteiger partial charge in [0.15, 0.2) is 0 Å². The van der Waals surface area contributed by atoms with Crippen LogP contribution in [0.1, 0.15) is 43.0 Å². The third-order valence-corrected chi connectivity index (χ3v) is 5.57. The second-order valence-electron chi connectivity index (χ2n) is 6.21. The van der Waals surface area contributed by atoms with Crippen molar-refractivity contribution < 1.29 is 18.1 Å². The number of nitro benzene ring substituents is 1. The average molecular weight is 405 g/mol. The highest BCUT2D eigenvalue weighted by molar-refractivity contribution is 7.89. The third kappa shape index (κ3) is 5.86. The molecule has 2 aromatic carbocycles. The first-order valence-electron chi connectivity index (χ1n) is 8.99. The van der Waals surface area contributed by atoms with Crippen LogP contribution in [0, 0.1) is 10.1 Å². The van der Waals surface area contributed by atoms with E-state index in [0.717, 1.165) is 25.7 Å². The van der Waals surface area contributed by atoms with Crippen LogP contribution in [0.5, 0.6) is 0 Å². The number of amides is 1. The molecule has 0 unspecified atom stereocenters. The van der Waals surface area contributed by atoms with Crippen molar-refractivity contribution in [2.45, 2.75) is 37.5 Å². The molecule has 0 bridgehead atoms. The summed E-state index contributed by atoms with van der Waals surface area (Å²) >= 11 is 0. The van der Waals surface area contributed by atoms with Crippen LogP contribution in [-0.2, 0) is 10.0 Å². The van der Waals surface area contributed by atoms with E-state index in [1.165, 1.54) is 48.5 Å². The molecule has 1 amide bonds. The maximum absolute atomic E-state index is 12.3. The van der Waals surface area contributed by atoms with Gasteiger partial charge in [-0.1, -0.05) is 38.3 Å². The number of unbranched alkanes of at least 4 members (excludes halogenated alkanes) is 3. The summed E-state index contributed by atoms with van der Waals surface area (Å²) in [6.07, 6.45) is 3.88. The number of anilines is 1. The number of carbonyl (C=O) groups is 1. The Balaban J connectivity index is 2.03. The number of nitrogens with zero attached hydrogens (tertiary/aromatic N) is 1. The largest absolute Gasteiger partial charge is 0.322 e.